The van der Waals surface area contributed by atoms with Crippen LogP contribution >= 0.6 is 11.8 Å². The highest BCUT2D eigenvalue weighted by Gasteiger charge is 2.32. The van der Waals surface area contributed by atoms with E-state index in [9.17, 15) is 13.2 Å². The van der Waals surface area contributed by atoms with Crippen molar-refractivity contribution in [3.8, 4) is 5.75 Å². The van der Waals surface area contributed by atoms with Gasteiger partial charge in [0.15, 0.2) is 0 Å². The standard InChI is InChI=1S/C15H20F3NOS/c16-15(17,18)20-14-9-5-4-8-12(14)13(19)10-21-11-6-2-1-3-7-11/h4-5,8-9,11,13H,1-3,6-7,10,19H2. The lowest BCUT2D eigenvalue weighted by Crippen LogP contribution is -2.22. The fourth-order valence-electron chi connectivity index (χ4n) is 2.57. The highest BCUT2D eigenvalue weighted by molar-refractivity contribution is 7.99. The van der Waals surface area contributed by atoms with Crippen LogP contribution in [0.1, 0.15) is 43.7 Å². The molecule has 1 atom stereocenters. The normalized spacial score (nSPS) is 18.5. The first kappa shape index (κ1) is 16.5. The fourth-order valence-corrected chi connectivity index (χ4v) is 3.89. The first-order chi connectivity index (χ1) is 9.96. The van der Waals surface area contributed by atoms with Gasteiger partial charge in [-0.25, -0.2) is 0 Å². The van der Waals surface area contributed by atoms with Crippen molar-refractivity contribution in [2.75, 3.05) is 5.75 Å². The number of para-hydroxylation sites is 1. The van der Waals surface area contributed by atoms with Crippen LogP contribution in [0, 0.1) is 0 Å². The van der Waals surface area contributed by atoms with Gasteiger partial charge in [0.05, 0.1) is 0 Å². The van der Waals surface area contributed by atoms with Crippen molar-refractivity contribution in [1.29, 1.82) is 0 Å². The van der Waals surface area contributed by atoms with Crippen molar-refractivity contribution in [3.63, 3.8) is 0 Å². The van der Waals surface area contributed by atoms with Crippen LogP contribution in [0.15, 0.2) is 24.3 Å². The maximum atomic E-state index is 12.4. The lowest BCUT2D eigenvalue weighted by Gasteiger charge is -2.23. The van der Waals surface area contributed by atoms with Gasteiger partial charge in [0.2, 0.25) is 0 Å². The molecule has 118 valence electrons. The summed E-state index contributed by atoms with van der Waals surface area (Å²) in [4.78, 5) is 0. The SMILES string of the molecule is NC(CSC1CCCCC1)c1ccccc1OC(F)(F)F. The molecule has 0 radical (unpaired) electrons. The van der Waals surface area contributed by atoms with Crippen LogP contribution in [0.4, 0.5) is 13.2 Å². The maximum Gasteiger partial charge on any atom is 0.573 e. The van der Waals surface area contributed by atoms with Gasteiger partial charge < -0.3 is 10.5 Å². The maximum absolute atomic E-state index is 12.4. The average molecular weight is 319 g/mol. The molecular weight excluding hydrogens is 299 g/mol. The molecule has 21 heavy (non-hydrogen) atoms. The molecule has 2 nitrogen and oxygen atoms in total. The highest BCUT2D eigenvalue weighted by atomic mass is 32.2. The molecule has 6 heteroatoms. The topological polar surface area (TPSA) is 35.2 Å². The van der Waals surface area contributed by atoms with Crippen molar-refractivity contribution in [3.05, 3.63) is 29.8 Å². The Bertz CT molecular complexity index is 447. The smallest absolute Gasteiger partial charge is 0.405 e. The highest BCUT2D eigenvalue weighted by Crippen LogP contribution is 2.34. The molecule has 1 unspecified atom stereocenters. The summed E-state index contributed by atoms with van der Waals surface area (Å²) in [7, 11) is 0. The molecule has 0 heterocycles. The number of alkyl halides is 3. The van der Waals surface area contributed by atoms with E-state index < -0.39 is 12.4 Å². The quantitative estimate of drug-likeness (QED) is 0.858. The molecule has 1 saturated carbocycles. The summed E-state index contributed by atoms with van der Waals surface area (Å²) in [6.45, 7) is 0. The van der Waals surface area contributed by atoms with Crippen molar-refractivity contribution >= 4 is 11.8 Å². The molecule has 2 N–H and O–H groups in total. The van der Waals surface area contributed by atoms with Gasteiger partial charge in [0.25, 0.3) is 0 Å². The third-order valence-corrected chi connectivity index (χ3v) is 5.10. The molecule has 2 rings (SSSR count). The van der Waals surface area contributed by atoms with Gasteiger partial charge in [-0.05, 0) is 18.9 Å². The van der Waals surface area contributed by atoms with E-state index in [2.05, 4.69) is 4.74 Å². The summed E-state index contributed by atoms with van der Waals surface area (Å²) in [5, 5.41) is 0.584. The molecule has 1 aliphatic carbocycles. The first-order valence-electron chi connectivity index (χ1n) is 7.17. The minimum absolute atomic E-state index is 0.193. The zero-order chi connectivity index (χ0) is 15.3. The third-order valence-electron chi connectivity index (χ3n) is 3.61. The molecular formula is C15H20F3NOS. The van der Waals surface area contributed by atoms with Crippen molar-refractivity contribution in [1.82, 2.24) is 0 Å². The second-order valence-corrected chi connectivity index (χ2v) is 6.62. The van der Waals surface area contributed by atoms with Gasteiger partial charge in [-0.2, -0.15) is 11.8 Å². The summed E-state index contributed by atoms with van der Waals surface area (Å²) in [5.41, 5.74) is 6.48. The number of benzene rings is 1. The van der Waals surface area contributed by atoms with E-state index in [0.717, 1.165) is 0 Å². The summed E-state index contributed by atoms with van der Waals surface area (Å²) in [5.74, 6) is 0.421. The van der Waals surface area contributed by atoms with Crippen LogP contribution in [-0.2, 0) is 0 Å². The third kappa shape index (κ3) is 5.43. The van der Waals surface area contributed by atoms with Gasteiger partial charge in [0.1, 0.15) is 5.75 Å². The number of nitrogens with two attached hydrogens (primary N) is 1. The zero-order valence-electron chi connectivity index (χ0n) is 11.7. The summed E-state index contributed by atoms with van der Waals surface area (Å²) >= 11 is 1.77. The Morgan fingerprint density at radius 1 is 1.19 bits per heavy atom. The minimum Gasteiger partial charge on any atom is -0.405 e. The number of thioether (sulfide) groups is 1. The van der Waals surface area contributed by atoms with Gasteiger partial charge in [0, 0.05) is 22.6 Å². The predicted molar refractivity (Wildman–Crippen MR) is 79.4 cm³/mol. The zero-order valence-corrected chi connectivity index (χ0v) is 12.6. The lowest BCUT2D eigenvalue weighted by atomic mass is 10.0. The van der Waals surface area contributed by atoms with Crippen molar-refractivity contribution in [2.24, 2.45) is 5.73 Å². The Labute approximate surface area is 127 Å². The van der Waals surface area contributed by atoms with Crippen LogP contribution in [0.25, 0.3) is 0 Å². The molecule has 1 aromatic carbocycles. The molecule has 0 saturated heterocycles. The van der Waals surface area contributed by atoms with Crippen molar-refractivity contribution < 1.29 is 17.9 Å². The summed E-state index contributed by atoms with van der Waals surface area (Å²) in [6.07, 6.45) is 1.43. The second-order valence-electron chi connectivity index (χ2n) is 5.29. The van der Waals surface area contributed by atoms with Gasteiger partial charge in [-0.3, -0.25) is 0 Å². The number of hydrogen-bond donors (Lipinski definition) is 1. The van der Waals surface area contributed by atoms with E-state index in [1.165, 1.54) is 44.2 Å². The molecule has 1 aromatic rings. The Balaban J connectivity index is 1.96. The summed E-state index contributed by atoms with van der Waals surface area (Å²) in [6, 6.07) is 5.67. The number of ether oxygens (including phenoxy) is 1. The van der Waals surface area contributed by atoms with Crippen molar-refractivity contribution in [2.45, 2.75) is 49.8 Å². The second kappa shape index (κ2) is 7.40. The molecule has 0 aliphatic heterocycles. The molecule has 1 fully saturated rings. The van der Waals surface area contributed by atoms with Crippen LogP contribution in [0.5, 0.6) is 5.75 Å². The van der Waals surface area contributed by atoms with E-state index in [1.807, 2.05) is 0 Å². The number of halogens is 3. The van der Waals surface area contributed by atoms with Gasteiger partial charge >= 0.3 is 6.36 Å². The van der Waals surface area contributed by atoms with E-state index in [4.69, 9.17) is 5.73 Å². The Morgan fingerprint density at radius 3 is 2.52 bits per heavy atom. The monoisotopic (exact) mass is 319 g/mol. The van der Waals surface area contributed by atoms with E-state index in [-0.39, 0.29) is 5.75 Å². The van der Waals surface area contributed by atoms with Gasteiger partial charge in [-0.1, -0.05) is 37.5 Å². The molecule has 0 amide bonds. The Morgan fingerprint density at radius 2 is 1.86 bits per heavy atom. The number of hydrogen-bond acceptors (Lipinski definition) is 3. The van der Waals surface area contributed by atoms with Crippen LogP contribution in [-0.4, -0.2) is 17.4 Å². The lowest BCUT2D eigenvalue weighted by molar-refractivity contribution is -0.274. The Hall–Kier alpha value is -0.880. The van der Waals surface area contributed by atoms with Gasteiger partial charge in [-0.15, -0.1) is 13.2 Å². The summed E-state index contributed by atoms with van der Waals surface area (Å²) < 4.78 is 41.2. The predicted octanol–water partition coefficient (Wildman–Crippen LogP) is 4.65. The molecule has 0 bridgehead atoms. The molecule has 0 aromatic heterocycles. The van der Waals surface area contributed by atoms with Crippen LogP contribution in [0.3, 0.4) is 0 Å². The first-order valence-corrected chi connectivity index (χ1v) is 8.22. The van der Waals surface area contributed by atoms with E-state index >= 15 is 0 Å². The van der Waals surface area contributed by atoms with Crippen LogP contribution in [0.2, 0.25) is 0 Å². The molecule has 1 aliphatic rings. The average Bonchev–Trinajstić information content (AvgIpc) is 2.45. The van der Waals surface area contributed by atoms with E-state index in [0.29, 0.717) is 16.6 Å². The van der Waals surface area contributed by atoms with Crippen LogP contribution < -0.4 is 10.5 Å². The van der Waals surface area contributed by atoms with E-state index in [1.54, 1.807) is 23.9 Å². The minimum atomic E-state index is -4.69. The molecule has 0 spiro atoms. The Kier molecular flexibility index (Phi) is 5.81. The largest absolute Gasteiger partial charge is 0.573 e. The fraction of sp³-hybridized carbons (Fsp3) is 0.600. The number of rotatable bonds is 5.